The summed E-state index contributed by atoms with van der Waals surface area (Å²) >= 11 is 1.37. The van der Waals surface area contributed by atoms with Crippen LogP contribution in [0.15, 0.2) is 12.1 Å². The molecule has 1 aliphatic carbocycles. The van der Waals surface area contributed by atoms with Crippen LogP contribution in [0.4, 0.5) is 5.00 Å². The van der Waals surface area contributed by atoms with Gasteiger partial charge in [0, 0.05) is 12.6 Å². The molecule has 0 saturated heterocycles. The quantitative estimate of drug-likeness (QED) is 0.831. The largest absolute Gasteiger partial charge is 0.477 e. The number of thiophene rings is 1. The number of hydrogen-bond donors (Lipinski definition) is 1. The highest BCUT2D eigenvalue weighted by Crippen LogP contribution is 2.35. The van der Waals surface area contributed by atoms with Crippen molar-refractivity contribution in [3.05, 3.63) is 17.0 Å². The lowest BCUT2D eigenvalue weighted by atomic mass is 10.4. The van der Waals surface area contributed by atoms with Crippen molar-refractivity contribution >= 4 is 22.3 Å². The molecule has 0 aromatic carbocycles. The lowest BCUT2D eigenvalue weighted by Crippen LogP contribution is -2.23. The summed E-state index contributed by atoms with van der Waals surface area (Å²) in [5, 5.41) is 9.89. The Morgan fingerprint density at radius 2 is 2.36 bits per heavy atom. The summed E-state index contributed by atoms with van der Waals surface area (Å²) in [5.74, 6) is -0.826. The van der Waals surface area contributed by atoms with Gasteiger partial charge in [-0.2, -0.15) is 0 Å². The topological polar surface area (TPSA) is 40.5 Å². The van der Waals surface area contributed by atoms with Crippen molar-refractivity contribution < 1.29 is 9.90 Å². The first-order chi connectivity index (χ1) is 6.72. The molecule has 1 saturated carbocycles. The third-order valence-electron chi connectivity index (χ3n) is 2.41. The Morgan fingerprint density at radius 1 is 1.64 bits per heavy atom. The minimum atomic E-state index is -0.826. The second kappa shape index (κ2) is 3.61. The summed E-state index contributed by atoms with van der Waals surface area (Å²) in [6.45, 7) is 3.07. The number of rotatable bonds is 4. The summed E-state index contributed by atoms with van der Waals surface area (Å²) < 4.78 is 0. The lowest BCUT2D eigenvalue weighted by Gasteiger charge is -2.19. The molecule has 4 heteroatoms. The molecule has 1 aromatic rings. The molecule has 76 valence electrons. The maximum absolute atomic E-state index is 10.7. The van der Waals surface area contributed by atoms with Gasteiger partial charge in [-0.15, -0.1) is 11.3 Å². The second-order valence-corrected chi connectivity index (χ2v) is 4.52. The van der Waals surface area contributed by atoms with Gasteiger partial charge in [0.25, 0.3) is 0 Å². The monoisotopic (exact) mass is 211 g/mol. The van der Waals surface area contributed by atoms with Crippen LogP contribution in [0.2, 0.25) is 0 Å². The molecule has 3 nitrogen and oxygen atoms in total. The highest BCUT2D eigenvalue weighted by molar-refractivity contribution is 7.17. The molecule has 0 atom stereocenters. The number of carboxylic acids is 1. The van der Waals surface area contributed by atoms with Crippen LogP contribution in [0.25, 0.3) is 0 Å². The fourth-order valence-corrected chi connectivity index (χ4v) is 2.56. The smallest absolute Gasteiger partial charge is 0.345 e. The molecule has 1 heterocycles. The molecule has 2 rings (SSSR count). The number of hydrogen-bond acceptors (Lipinski definition) is 3. The summed E-state index contributed by atoms with van der Waals surface area (Å²) in [5.41, 5.74) is 0. The van der Waals surface area contributed by atoms with Gasteiger partial charge in [0.2, 0.25) is 0 Å². The first-order valence-corrected chi connectivity index (χ1v) is 5.63. The zero-order valence-corrected chi connectivity index (χ0v) is 8.88. The number of carbonyl (C=O) groups is 1. The molecule has 1 fully saturated rings. The van der Waals surface area contributed by atoms with E-state index in [-0.39, 0.29) is 0 Å². The van der Waals surface area contributed by atoms with Gasteiger partial charge in [0.1, 0.15) is 4.88 Å². The maximum atomic E-state index is 10.7. The molecule has 0 aliphatic heterocycles. The van der Waals surface area contributed by atoms with Gasteiger partial charge >= 0.3 is 5.97 Å². The summed E-state index contributed by atoms with van der Waals surface area (Å²) in [6.07, 6.45) is 2.49. The molecule has 1 aliphatic rings. The molecular weight excluding hydrogens is 198 g/mol. The zero-order chi connectivity index (χ0) is 10.1. The first-order valence-electron chi connectivity index (χ1n) is 4.82. The van der Waals surface area contributed by atoms with E-state index in [1.165, 1.54) is 24.2 Å². The van der Waals surface area contributed by atoms with E-state index < -0.39 is 5.97 Å². The van der Waals surface area contributed by atoms with Gasteiger partial charge in [-0.1, -0.05) is 0 Å². The number of anilines is 1. The van der Waals surface area contributed by atoms with Crippen LogP contribution in [0.1, 0.15) is 29.4 Å². The second-order valence-electron chi connectivity index (χ2n) is 3.46. The molecule has 14 heavy (non-hydrogen) atoms. The predicted molar refractivity (Wildman–Crippen MR) is 57.3 cm³/mol. The zero-order valence-electron chi connectivity index (χ0n) is 8.06. The van der Waals surface area contributed by atoms with Gasteiger partial charge in [-0.25, -0.2) is 4.79 Å². The van der Waals surface area contributed by atoms with Crippen LogP contribution >= 0.6 is 11.3 Å². The van der Waals surface area contributed by atoms with E-state index in [1.807, 2.05) is 6.07 Å². The Morgan fingerprint density at radius 3 is 2.79 bits per heavy atom. The third kappa shape index (κ3) is 1.75. The van der Waals surface area contributed by atoms with Crippen molar-refractivity contribution in [2.75, 3.05) is 11.4 Å². The molecule has 0 spiro atoms. The lowest BCUT2D eigenvalue weighted by molar-refractivity contribution is 0.0702. The Balaban J connectivity index is 2.17. The highest BCUT2D eigenvalue weighted by Gasteiger charge is 2.29. The number of carboxylic acid groups (broad SMARTS) is 1. The van der Waals surface area contributed by atoms with Crippen LogP contribution in [0, 0.1) is 0 Å². The minimum Gasteiger partial charge on any atom is -0.477 e. The Bertz CT molecular complexity index is 344. The standard InChI is InChI=1S/C10H13NO2S/c1-2-11(7-3-4-7)9-6-5-8(14-9)10(12)13/h5-7H,2-4H2,1H3,(H,12,13). The predicted octanol–water partition coefficient (Wildman–Crippen LogP) is 2.44. The normalized spacial score (nSPS) is 15.5. The molecular formula is C10H13NO2S. The maximum Gasteiger partial charge on any atom is 0.345 e. The van der Waals surface area contributed by atoms with Crippen LogP contribution in [-0.4, -0.2) is 23.7 Å². The van der Waals surface area contributed by atoms with Crippen molar-refractivity contribution in [1.29, 1.82) is 0 Å². The van der Waals surface area contributed by atoms with E-state index in [2.05, 4.69) is 11.8 Å². The van der Waals surface area contributed by atoms with Crippen LogP contribution < -0.4 is 4.90 Å². The average Bonchev–Trinajstić information content (AvgIpc) is 2.84. The van der Waals surface area contributed by atoms with E-state index >= 15 is 0 Å². The van der Waals surface area contributed by atoms with E-state index in [1.54, 1.807) is 6.07 Å². The minimum absolute atomic E-state index is 0.430. The summed E-state index contributed by atoms with van der Waals surface area (Å²) in [6, 6.07) is 4.25. The molecule has 1 aromatic heterocycles. The number of nitrogens with zero attached hydrogens (tertiary/aromatic N) is 1. The van der Waals surface area contributed by atoms with Gasteiger partial charge in [-0.3, -0.25) is 0 Å². The van der Waals surface area contributed by atoms with E-state index in [0.29, 0.717) is 10.9 Å². The first kappa shape index (κ1) is 9.52. The molecule has 0 bridgehead atoms. The number of aromatic carboxylic acids is 1. The average molecular weight is 211 g/mol. The fraction of sp³-hybridized carbons (Fsp3) is 0.500. The van der Waals surface area contributed by atoms with Crippen molar-refractivity contribution in [3.8, 4) is 0 Å². The molecule has 0 amide bonds. The van der Waals surface area contributed by atoms with E-state index in [9.17, 15) is 4.79 Å². The van der Waals surface area contributed by atoms with Gasteiger partial charge in [0.15, 0.2) is 0 Å². The molecule has 0 unspecified atom stereocenters. The van der Waals surface area contributed by atoms with Crippen LogP contribution in [0.3, 0.4) is 0 Å². The summed E-state index contributed by atoms with van der Waals surface area (Å²) in [7, 11) is 0. The van der Waals surface area contributed by atoms with Gasteiger partial charge in [-0.05, 0) is 31.9 Å². The summed E-state index contributed by atoms with van der Waals surface area (Å²) in [4.78, 5) is 13.4. The van der Waals surface area contributed by atoms with Gasteiger partial charge in [0.05, 0.1) is 5.00 Å². The third-order valence-corrected chi connectivity index (χ3v) is 3.52. The Hall–Kier alpha value is -1.03. The van der Waals surface area contributed by atoms with Gasteiger partial charge < -0.3 is 10.0 Å². The van der Waals surface area contributed by atoms with E-state index in [0.717, 1.165) is 11.5 Å². The fourth-order valence-electron chi connectivity index (χ4n) is 1.58. The van der Waals surface area contributed by atoms with Crippen molar-refractivity contribution in [3.63, 3.8) is 0 Å². The molecule has 0 radical (unpaired) electrons. The highest BCUT2D eigenvalue weighted by atomic mass is 32.1. The van der Waals surface area contributed by atoms with Crippen LogP contribution in [0.5, 0.6) is 0 Å². The van der Waals surface area contributed by atoms with Crippen molar-refractivity contribution in [2.24, 2.45) is 0 Å². The van der Waals surface area contributed by atoms with E-state index in [4.69, 9.17) is 5.11 Å². The molecule has 1 N–H and O–H groups in total. The SMILES string of the molecule is CCN(c1ccc(C(=O)O)s1)C1CC1. The van der Waals surface area contributed by atoms with Crippen molar-refractivity contribution in [1.82, 2.24) is 0 Å². The van der Waals surface area contributed by atoms with Crippen molar-refractivity contribution in [2.45, 2.75) is 25.8 Å². The van der Waals surface area contributed by atoms with Crippen LogP contribution in [-0.2, 0) is 0 Å². The Labute approximate surface area is 87.0 Å². The Kier molecular flexibility index (Phi) is 2.46.